The van der Waals surface area contributed by atoms with Gasteiger partial charge in [0.05, 0.1) is 7.11 Å². The van der Waals surface area contributed by atoms with E-state index in [1.807, 2.05) is 30.3 Å². The van der Waals surface area contributed by atoms with Crippen molar-refractivity contribution in [3.05, 3.63) is 35.9 Å². The average Bonchev–Trinajstić information content (AvgIpc) is 2.49. The van der Waals surface area contributed by atoms with Gasteiger partial charge in [0.25, 0.3) is 0 Å². The molecule has 0 unspecified atom stereocenters. The van der Waals surface area contributed by atoms with Crippen molar-refractivity contribution in [3.63, 3.8) is 0 Å². The summed E-state index contributed by atoms with van der Waals surface area (Å²) < 4.78 is 9.66. The summed E-state index contributed by atoms with van der Waals surface area (Å²) in [7, 11) is 1.23. The number of amides is 1. The molecule has 1 atom stereocenters. The summed E-state index contributed by atoms with van der Waals surface area (Å²) in [6.07, 6.45) is 0.159. The molecule has 0 bridgehead atoms. The van der Waals surface area contributed by atoms with Crippen molar-refractivity contribution in [1.29, 1.82) is 0 Å². The largest absolute Gasteiger partial charge is 0.467 e. The first-order valence-electron chi connectivity index (χ1n) is 6.57. The number of methoxy groups -OCH3 is 1. The number of rotatable bonds is 7. The number of benzene rings is 1. The van der Waals surface area contributed by atoms with Crippen molar-refractivity contribution in [2.75, 3.05) is 7.11 Å². The molecule has 1 N–H and O–H groups in total. The molecule has 0 saturated carbocycles. The SMILES string of the molecule is COC(=O)[C@@H](CCC(=O)OCc1ccccc1)NC(C)=O. The van der Waals surface area contributed by atoms with Crippen LogP contribution in [0, 0.1) is 0 Å². The molecule has 1 rings (SSSR count). The van der Waals surface area contributed by atoms with Gasteiger partial charge in [-0.3, -0.25) is 9.59 Å². The van der Waals surface area contributed by atoms with Gasteiger partial charge in [-0.05, 0) is 12.0 Å². The molecule has 0 aliphatic carbocycles. The van der Waals surface area contributed by atoms with Crippen LogP contribution in [-0.4, -0.2) is 31.0 Å². The second kappa shape index (κ2) is 8.73. The summed E-state index contributed by atoms with van der Waals surface area (Å²) in [5, 5.41) is 2.44. The lowest BCUT2D eigenvalue weighted by Crippen LogP contribution is -2.40. The quantitative estimate of drug-likeness (QED) is 0.764. The molecule has 6 heteroatoms. The number of carbonyl (C=O) groups excluding carboxylic acids is 3. The van der Waals surface area contributed by atoms with Crippen molar-refractivity contribution in [3.8, 4) is 0 Å². The van der Waals surface area contributed by atoms with Crippen LogP contribution in [0.25, 0.3) is 0 Å². The van der Waals surface area contributed by atoms with Crippen molar-refractivity contribution < 1.29 is 23.9 Å². The Balaban J connectivity index is 2.39. The molecule has 1 aromatic carbocycles. The van der Waals surface area contributed by atoms with Crippen LogP contribution < -0.4 is 5.32 Å². The van der Waals surface area contributed by atoms with Gasteiger partial charge in [0.15, 0.2) is 0 Å². The maximum atomic E-state index is 11.6. The number of hydrogen-bond donors (Lipinski definition) is 1. The minimum Gasteiger partial charge on any atom is -0.467 e. The summed E-state index contributed by atoms with van der Waals surface area (Å²) in [6, 6.07) is 8.45. The molecular weight excluding hydrogens is 274 g/mol. The van der Waals surface area contributed by atoms with Gasteiger partial charge in [0.2, 0.25) is 5.91 Å². The maximum Gasteiger partial charge on any atom is 0.328 e. The monoisotopic (exact) mass is 293 g/mol. The maximum absolute atomic E-state index is 11.6. The molecule has 0 spiro atoms. The topological polar surface area (TPSA) is 81.7 Å². The first-order chi connectivity index (χ1) is 10.0. The Morgan fingerprint density at radius 2 is 1.86 bits per heavy atom. The molecule has 0 fully saturated rings. The highest BCUT2D eigenvalue weighted by Crippen LogP contribution is 2.05. The van der Waals surface area contributed by atoms with E-state index in [9.17, 15) is 14.4 Å². The highest BCUT2D eigenvalue weighted by Gasteiger charge is 2.21. The third-order valence-electron chi connectivity index (χ3n) is 2.74. The fraction of sp³-hybridized carbons (Fsp3) is 0.400. The third-order valence-corrected chi connectivity index (χ3v) is 2.74. The van der Waals surface area contributed by atoms with Gasteiger partial charge in [0, 0.05) is 13.3 Å². The van der Waals surface area contributed by atoms with Crippen LogP contribution in [0.1, 0.15) is 25.3 Å². The summed E-state index contributed by atoms with van der Waals surface area (Å²) in [5.74, 6) is -1.37. The Kier molecular flexibility index (Phi) is 6.94. The second-order valence-electron chi connectivity index (χ2n) is 4.46. The van der Waals surface area contributed by atoms with E-state index in [0.717, 1.165) is 5.56 Å². The van der Waals surface area contributed by atoms with Crippen LogP contribution in [0.4, 0.5) is 0 Å². The normalized spacial score (nSPS) is 11.3. The fourth-order valence-corrected chi connectivity index (χ4v) is 1.71. The molecule has 114 valence electrons. The van der Waals surface area contributed by atoms with Gasteiger partial charge < -0.3 is 14.8 Å². The number of ether oxygens (including phenoxy) is 2. The number of carbonyl (C=O) groups is 3. The van der Waals surface area contributed by atoms with Gasteiger partial charge in [-0.25, -0.2) is 4.79 Å². The molecular formula is C15H19NO5. The minimum atomic E-state index is -0.836. The fourth-order valence-electron chi connectivity index (χ4n) is 1.71. The van der Waals surface area contributed by atoms with E-state index in [1.165, 1.54) is 14.0 Å². The smallest absolute Gasteiger partial charge is 0.328 e. The molecule has 0 aliphatic heterocycles. The molecule has 1 aromatic rings. The van der Waals surface area contributed by atoms with Gasteiger partial charge in [-0.2, -0.15) is 0 Å². The highest BCUT2D eigenvalue weighted by molar-refractivity contribution is 5.83. The van der Waals surface area contributed by atoms with E-state index in [4.69, 9.17) is 4.74 Å². The van der Waals surface area contributed by atoms with Gasteiger partial charge >= 0.3 is 11.9 Å². The number of esters is 2. The van der Waals surface area contributed by atoms with Gasteiger partial charge in [-0.15, -0.1) is 0 Å². The molecule has 0 aliphatic rings. The third kappa shape index (κ3) is 6.56. The lowest BCUT2D eigenvalue weighted by molar-refractivity contribution is -0.147. The zero-order valence-corrected chi connectivity index (χ0v) is 12.1. The molecule has 21 heavy (non-hydrogen) atoms. The van der Waals surface area contributed by atoms with E-state index in [2.05, 4.69) is 10.1 Å². The van der Waals surface area contributed by atoms with E-state index in [0.29, 0.717) is 0 Å². The zero-order chi connectivity index (χ0) is 15.7. The average molecular weight is 293 g/mol. The van der Waals surface area contributed by atoms with Crippen LogP contribution in [0.15, 0.2) is 30.3 Å². The van der Waals surface area contributed by atoms with Crippen LogP contribution >= 0.6 is 0 Å². The molecule has 0 heterocycles. The lowest BCUT2D eigenvalue weighted by atomic mass is 10.1. The van der Waals surface area contributed by atoms with Crippen LogP contribution in [0.5, 0.6) is 0 Å². The van der Waals surface area contributed by atoms with Crippen LogP contribution in [0.2, 0.25) is 0 Å². The first-order valence-corrected chi connectivity index (χ1v) is 6.57. The van der Waals surface area contributed by atoms with Crippen LogP contribution in [-0.2, 0) is 30.5 Å². The van der Waals surface area contributed by atoms with Crippen LogP contribution in [0.3, 0.4) is 0 Å². The summed E-state index contributed by atoms with van der Waals surface area (Å²) in [6.45, 7) is 1.48. The van der Waals surface area contributed by atoms with Crippen molar-refractivity contribution >= 4 is 17.8 Å². The zero-order valence-electron chi connectivity index (χ0n) is 12.1. The summed E-state index contributed by atoms with van der Waals surface area (Å²) in [4.78, 5) is 34.1. The standard InChI is InChI=1S/C15H19NO5/c1-11(17)16-13(15(19)20-2)8-9-14(18)21-10-12-6-4-3-5-7-12/h3-7,13H,8-10H2,1-2H3,(H,16,17)/t13-/m1/s1. The summed E-state index contributed by atoms with van der Waals surface area (Å²) >= 11 is 0. The Hall–Kier alpha value is -2.37. The van der Waals surface area contributed by atoms with Gasteiger partial charge in [-0.1, -0.05) is 30.3 Å². The number of nitrogens with one attached hydrogen (secondary N) is 1. The predicted octanol–water partition coefficient (Wildman–Crippen LogP) is 1.19. The van der Waals surface area contributed by atoms with E-state index in [-0.39, 0.29) is 25.4 Å². The molecule has 0 aromatic heterocycles. The Morgan fingerprint density at radius 3 is 2.43 bits per heavy atom. The van der Waals surface area contributed by atoms with Gasteiger partial charge in [0.1, 0.15) is 12.6 Å². The highest BCUT2D eigenvalue weighted by atomic mass is 16.5. The minimum absolute atomic E-state index is 0.0207. The lowest BCUT2D eigenvalue weighted by Gasteiger charge is -2.14. The van der Waals surface area contributed by atoms with Crippen molar-refractivity contribution in [1.82, 2.24) is 5.32 Å². The first kappa shape index (κ1) is 16.7. The second-order valence-corrected chi connectivity index (χ2v) is 4.46. The Bertz CT molecular complexity index is 486. The Morgan fingerprint density at radius 1 is 1.19 bits per heavy atom. The Labute approximate surface area is 123 Å². The predicted molar refractivity (Wildman–Crippen MR) is 75.1 cm³/mol. The van der Waals surface area contributed by atoms with E-state index < -0.39 is 18.0 Å². The molecule has 6 nitrogen and oxygen atoms in total. The number of hydrogen-bond acceptors (Lipinski definition) is 5. The summed E-state index contributed by atoms with van der Waals surface area (Å²) in [5.41, 5.74) is 0.886. The molecule has 1 amide bonds. The van der Waals surface area contributed by atoms with E-state index in [1.54, 1.807) is 0 Å². The van der Waals surface area contributed by atoms with Crippen molar-refractivity contribution in [2.45, 2.75) is 32.4 Å². The molecule has 0 radical (unpaired) electrons. The molecule has 0 saturated heterocycles. The van der Waals surface area contributed by atoms with Crippen molar-refractivity contribution in [2.24, 2.45) is 0 Å². The van der Waals surface area contributed by atoms with E-state index >= 15 is 0 Å².